The van der Waals surface area contributed by atoms with Gasteiger partial charge in [0.25, 0.3) is 5.91 Å². The van der Waals surface area contributed by atoms with Crippen molar-refractivity contribution in [3.05, 3.63) is 52.5 Å². The molecule has 1 aliphatic carbocycles. The zero-order valence-corrected chi connectivity index (χ0v) is 17.7. The van der Waals surface area contributed by atoms with Crippen LogP contribution in [0.1, 0.15) is 46.3 Å². The van der Waals surface area contributed by atoms with Crippen molar-refractivity contribution in [3.63, 3.8) is 0 Å². The van der Waals surface area contributed by atoms with E-state index in [0.717, 1.165) is 24.5 Å². The lowest BCUT2D eigenvalue weighted by Crippen LogP contribution is -2.42. The number of rotatable bonds is 7. The van der Waals surface area contributed by atoms with Gasteiger partial charge in [0.15, 0.2) is 0 Å². The fourth-order valence-electron chi connectivity index (χ4n) is 4.17. The minimum atomic E-state index is -0.777. The van der Waals surface area contributed by atoms with Crippen LogP contribution in [-0.2, 0) is 13.0 Å². The Hall–Kier alpha value is -2.71. The van der Waals surface area contributed by atoms with Gasteiger partial charge in [0, 0.05) is 55.6 Å². The third-order valence-corrected chi connectivity index (χ3v) is 6.26. The first-order valence-electron chi connectivity index (χ1n) is 10.8. The summed E-state index contributed by atoms with van der Waals surface area (Å²) in [5, 5.41) is 26.3. The van der Waals surface area contributed by atoms with E-state index in [0.29, 0.717) is 54.6 Å². The number of carbonyl (C=O) groups is 1. The van der Waals surface area contributed by atoms with Crippen LogP contribution in [0, 0.1) is 12.7 Å². The summed E-state index contributed by atoms with van der Waals surface area (Å²) in [7, 11) is 0. The molecule has 4 N–H and O–H groups in total. The van der Waals surface area contributed by atoms with Crippen molar-refractivity contribution < 1.29 is 19.4 Å². The molecule has 8 heteroatoms. The number of phenolic OH excluding ortho intramolecular Hbond substituents is 1. The Labute approximate surface area is 181 Å². The number of aromatic hydroxyl groups is 1. The molecule has 2 aromatic rings. The normalized spacial score (nSPS) is 17.5. The van der Waals surface area contributed by atoms with E-state index in [1.807, 2.05) is 4.90 Å². The molecule has 7 nitrogen and oxygen atoms in total. The summed E-state index contributed by atoms with van der Waals surface area (Å²) < 4.78 is 14.3. The number of carbonyl (C=O) groups excluding carboxylic acids is 1. The summed E-state index contributed by atoms with van der Waals surface area (Å²) in [6.07, 6.45) is 4.89. The van der Waals surface area contributed by atoms with Gasteiger partial charge in [0.05, 0.1) is 6.10 Å². The van der Waals surface area contributed by atoms with Crippen LogP contribution in [0.4, 0.5) is 10.2 Å². The van der Waals surface area contributed by atoms with Crippen molar-refractivity contribution in [2.24, 2.45) is 0 Å². The van der Waals surface area contributed by atoms with Gasteiger partial charge >= 0.3 is 0 Å². The van der Waals surface area contributed by atoms with Gasteiger partial charge in [0.2, 0.25) is 0 Å². The maximum absolute atomic E-state index is 14.3. The Morgan fingerprint density at radius 1 is 1.35 bits per heavy atom. The van der Waals surface area contributed by atoms with Crippen LogP contribution in [0.5, 0.6) is 5.75 Å². The summed E-state index contributed by atoms with van der Waals surface area (Å²) in [6.45, 7) is 3.24. The molecule has 1 atom stereocenters. The number of pyridine rings is 1. The molecule has 2 heterocycles. The van der Waals surface area contributed by atoms with Gasteiger partial charge in [-0.3, -0.25) is 9.69 Å². The van der Waals surface area contributed by atoms with Gasteiger partial charge < -0.3 is 20.8 Å². The second kappa shape index (κ2) is 9.20. The first-order chi connectivity index (χ1) is 14.9. The summed E-state index contributed by atoms with van der Waals surface area (Å²) in [5.41, 5.74) is 2.63. The summed E-state index contributed by atoms with van der Waals surface area (Å²) in [4.78, 5) is 18.7. The molecule has 0 radical (unpaired) electrons. The standard InChI is InChI=1S/C23H29FN4O3/c1-14-18-6-8-28(13-19(18)20(24)10-21(14)30)12-17(29)11-26-23(31)15-5-7-25-22(9-15)27-16-3-2-4-16/h5,7,9-10,16-17,29-30H,2-4,6,8,11-13H2,1H3,(H,25,27)(H,26,31)/t17-/m0/s1. The van der Waals surface area contributed by atoms with Gasteiger partial charge in [0.1, 0.15) is 17.4 Å². The molecule has 4 rings (SSSR count). The van der Waals surface area contributed by atoms with Gasteiger partial charge in [-0.25, -0.2) is 9.37 Å². The maximum Gasteiger partial charge on any atom is 0.251 e. The third kappa shape index (κ3) is 4.97. The highest BCUT2D eigenvalue weighted by Crippen LogP contribution is 2.31. The van der Waals surface area contributed by atoms with Crippen molar-refractivity contribution >= 4 is 11.7 Å². The highest BCUT2D eigenvalue weighted by atomic mass is 19.1. The summed E-state index contributed by atoms with van der Waals surface area (Å²) in [5.74, 6) is -0.0170. The Morgan fingerprint density at radius 2 is 2.16 bits per heavy atom. The average Bonchev–Trinajstić information content (AvgIpc) is 2.73. The van der Waals surface area contributed by atoms with Crippen molar-refractivity contribution in [2.75, 3.05) is 25.0 Å². The van der Waals surface area contributed by atoms with Crippen LogP contribution in [0.3, 0.4) is 0 Å². The van der Waals surface area contributed by atoms with E-state index >= 15 is 0 Å². The van der Waals surface area contributed by atoms with Crippen LogP contribution in [0.25, 0.3) is 0 Å². The lowest BCUT2D eigenvalue weighted by Gasteiger charge is -2.31. The molecule has 0 bridgehead atoms. The number of fused-ring (bicyclic) bond motifs is 1. The van der Waals surface area contributed by atoms with E-state index in [9.17, 15) is 19.4 Å². The molecule has 1 saturated carbocycles. The van der Waals surface area contributed by atoms with Crippen LogP contribution >= 0.6 is 0 Å². The smallest absolute Gasteiger partial charge is 0.251 e. The number of hydrogen-bond acceptors (Lipinski definition) is 6. The van der Waals surface area contributed by atoms with Gasteiger partial charge in [-0.1, -0.05) is 0 Å². The Kier molecular flexibility index (Phi) is 6.38. The molecule has 31 heavy (non-hydrogen) atoms. The zero-order valence-electron chi connectivity index (χ0n) is 17.7. The fraction of sp³-hybridized carbons (Fsp3) is 0.478. The van der Waals surface area contributed by atoms with E-state index in [1.165, 1.54) is 6.42 Å². The van der Waals surface area contributed by atoms with Crippen LogP contribution < -0.4 is 10.6 Å². The monoisotopic (exact) mass is 428 g/mol. The Balaban J connectivity index is 1.29. The van der Waals surface area contributed by atoms with Crippen LogP contribution in [-0.4, -0.2) is 57.8 Å². The molecule has 0 spiro atoms. The number of benzene rings is 1. The molecular weight excluding hydrogens is 399 g/mol. The number of β-amino-alcohol motifs (C(OH)–C–C–N with tert-alkyl or cyclic N) is 1. The molecule has 1 aromatic heterocycles. The van der Waals surface area contributed by atoms with Crippen LogP contribution in [0.15, 0.2) is 24.4 Å². The molecule has 1 aromatic carbocycles. The zero-order chi connectivity index (χ0) is 22.0. The molecular formula is C23H29FN4O3. The number of amides is 1. The highest BCUT2D eigenvalue weighted by molar-refractivity contribution is 5.94. The first-order valence-corrected chi connectivity index (χ1v) is 10.8. The number of aliphatic hydroxyl groups is 1. The predicted molar refractivity (Wildman–Crippen MR) is 116 cm³/mol. The SMILES string of the molecule is Cc1c(O)cc(F)c2c1CCN(C[C@@H](O)CNC(=O)c1ccnc(NC3CCC3)c1)C2. The van der Waals surface area contributed by atoms with Crippen LogP contribution in [0.2, 0.25) is 0 Å². The molecule has 1 amide bonds. The Bertz CT molecular complexity index is 964. The molecule has 0 unspecified atom stereocenters. The van der Waals surface area contributed by atoms with E-state index in [-0.39, 0.29) is 18.2 Å². The number of phenols is 1. The quantitative estimate of drug-likeness (QED) is 0.541. The second-order valence-electron chi connectivity index (χ2n) is 8.51. The van der Waals surface area contributed by atoms with E-state index in [1.54, 1.807) is 25.3 Å². The van der Waals surface area contributed by atoms with E-state index in [4.69, 9.17) is 0 Å². The topological polar surface area (TPSA) is 97.7 Å². The number of aromatic nitrogens is 1. The number of nitrogens with one attached hydrogen (secondary N) is 2. The fourth-order valence-corrected chi connectivity index (χ4v) is 4.17. The first kappa shape index (κ1) is 21.5. The average molecular weight is 429 g/mol. The minimum Gasteiger partial charge on any atom is -0.508 e. The van der Waals surface area contributed by atoms with Gasteiger partial charge in [-0.05, 0) is 55.9 Å². The Morgan fingerprint density at radius 3 is 2.90 bits per heavy atom. The number of anilines is 1. The lowest BCUT2D eigenvalue weighted by molar-refractivity contribution is 0.0839. The number of aliphatic hydroxyl groups excluding tert-OH is 1. The second-order valence-corrected chi connectivity index (χ2v) is 8.51. The molecule has 1 fully saturated rings. The molecule has 166 valence electrons. The van der Waals surface area contributed by atoms with E-state index in [2.05, 4.69) is 15.6 Å². The molecule has 0 saturated heterocycles. The lowest BCUT2D eigenvalue weighted by atomic mass is 9.93. The van der Waals surface area contributed by atoms with Crippen molar-refractivity contribution in [1.82, 2.24) is 15.2 Å². The minimum absolute atomic E-state index is 0.0189. The summed E-state index contributed by atoms with van der Waals surface area (Å²) in [6, 6.07) is 4.95. The summed E-state index contributed by atoms with van der Waals surface area (Å²) >= 11 is 0. The molecule has 1 aliphatic heterocycles. The van der Waals surface area contributed by atoms with E-state index < -0.39 is 11.9 Å². The number of nitrogens with zero attached hydrogens (tertiary/aromatic N) is 2. The largest absolute Gasteiger partial charge is 0.508 e. The number of halogens is 1. The van der Waals surface area contributed by atoms with Crippen molar-refractivity contribution in [2.45, 2.75) is 51.3 Å². The number of hydrogen-bond donors (Lipinski definition) is 4. The maximum atomic E-state index is 14.3. The third-order valence-electron chi connectivity index (χ3n) is 6.26. The van der Waals surface area contributed by atoms with Gasteiger partial charge in [-0.2, -0.15) is 0 Å². The van der Waals surface area contributed by atoms with Gasteiger partial charge in [-0.15, -0.1) is 0 Å². The van der Waals surface area contributed by atoms with Crippen molar-refractivity contribution in [1.29, 1.82) is 0 Å². The molecule has 2 aliphatic rings. The van der Waals surface area contributed by atoms with Crippen molar-refractivity contribution in [3.8, 4) is 5.75 Å². The predicted octanol–water partition coefficient (Wildman–Crippen LogP) is 2.35. The highest BCUT2D eigenvalue weighted by Gasteiger charge is 2.24.